The van der Waals surface area contributed by atoms with Crippen LogP contribution >= 0.6 is 0 Å². The Labute approximate surface area is 234 Å². The van der Waals surface area contributed by atoms with Gasteiger partial charge < -0.3 is 0 Å². The molecule has 0 unspecified atom stereocenters. The first-order valence-corrected chi connectivity index (χ1v) is 15.7. The van der Waals surface area contributed by atoms with Gasteiger partial charge in [-0.05, 0) is 132 Å². The number of alkyl halides is 3. The molecule has 0 spiro atoms. The monoisotopic (exact) mass is 542 g/mol. The van der Waals surface area contributed by atoms with E-state index in [0.29, 0.717) is 29.2 Å². The van der Waals surface area contributed by atoms with Crippen molar-refractivity contribution in [2.24, 2.45) is 52.3 Å². The van der Waals surface area contributed by atoms with Crippen LogP contribution in [0.3, 0.4) is 0 Å². The van der Waals surface area contributed by atoms with Crippen molar-refractivity contribution in [2.75, 3.05) is 0 Å². The molecule has 4 aliphatic carbocycles. The van der Waals surface area contributed by atoms with Crippen LogP contribution in [-0.2, 0) is 11.0 Å². The molecule has 0 N–H and O–H groups in total. The molecule has 1 aromatic rings. The number of rotatable bonds is 7. The maximum absolute atomic E-state index is 13.5. The molecule has 5 rings (SSSR count). The SMILES string of the molecule is CC(C)CCC[C@@H](C)[C@H]1CC[C@H]2[C@@H]3CC[C@H]4CC(c5cccc(C(F)(F)F)c5)=C(C=O)C[C@]4(C)[C@H]3CC[C@]12C. The summed E-state index contributed by atoms with van der Waals surface area (Å²) >= 11 is 0. The van der Waals surface area contributed by atoms with Gasteiger partial charge in [0.15, 0.2) is 0 Å². The zero-order valence-electron chi connectivity index (χ0n) is 24.7. The van der Waals surface area contributed by atoms with Crippen molar-refractivity contribution in [2.45, 2.75) is 111 Å². The first-order valence-electron chi connectivity index (χ1n) is 15.7. The number of hydrogen-bond acceptors (Lipinski definition) is 1. The van der Waals surface area contributed by atoms with E-state index in [1.54, 1.807) is 6.07 Å². The highest BCUT2D eigenvalue weighted by atomic mass is 19.4. The number of hydrogen-bond donors (Lipinski definition) is 0. The lowest BCUT2D eigenvalue weighted by Crippen LogP contribution is -2.53. The summed E-state index contributed by atoms with van der Waals surface area (Å²) in [5, 5.41) is 0. The van der Waals surface area contributed by atoms with Crippen molar-refractivity contribution in [1.29, 1.82) is 0 Å². The Balaban J connectivity index is 1.37. The fourth-order valence-corrected chi connectivity index (χ4v) is 10.4. The second-order valence-electron chi connectivity index (χ2n) is 14.8. The van der Waals surface area contributed by atoms with E-state index in [1.165, 1.54) is 63.5 Å². The number of allylic oxidation sites excluding steroid dienone is 2. The number of fused-ring (bicyclic) bond motifs is 5. The maximum Gasteiger partial charge on any atom is 0.416 e. The fourth-order valence-electron chi connectivity index (χ4n) is 10.4. The van der Waals surface area contributed by atoms with Crippen molar-refractivity contribution in [3.8, 4) is 0 Å². The van der Waals surface area contributed by atoms with Gasteiger partial charge in [0.25, 0.3) is 0 Å². The molecule has 4 aliphatic rings. The molecule has 1 nitrogen and oxygen atoms in total. The van der Waals surface area contributed by atoms with Crippen LogP contribution in [-0.4, -0.2) is 6.29 Å². The standard InChI is InChI=1S/C35H49F3O/c1-22(2)8-6-9-23(3)30-14-15-31-28-13-12-26-19-29(24-10-7-11-27(18-24)35(36,37)38)25(21-39)20-34(26,5)32(28)16-17-33(30,31)4/h7,10-11,18,21-23,26,28,30-32H,6,8-9,12-17,19-20H2,1-5H3/t23-,26+,28+,30-,31+,32+,33-,34+/m1/s1. The van der Waals surface area contributed by atoms with Crippen molar-refractivity contribution in [3.05, 3.63) is 41.0 Å². The van der Waals surface area contributed by atoms with E-state index in [2.05, 4.69) is 34.6 Å². The summed E-state index contributed by atoms with van der Waals surface area (Å²) < 4.78 is 40.4. The van der Waals surface area contributed by atoms with Gasteiger partial charge in [-0.2, -0.15) is 13.2 Å². The van der Waals surface area contributed by atoms with Gasteiger partial charge in [-0.1, -0.05) is 66.0 Å². The molecule has 8 atom stereocenters. The second-order valence-corrected chi connectivity index (χ2v) is 14.8. The number of halogens is 3. The van der Waals surface area contributed by atoms with Crippen LogP contribution in [0.1, 0.15) is 116 Å². The second kappa shape index (κ2) is 10.7. The van der Waals surface area contributed by atoms with Crippen molar-refractivity contribution >= 4 is 11.9 Å². The highest BCUT2D eigenvalue weighted by Gasteiger charge is 2.60. The molecule has 3 fully saturated rings. The minimum absolute atomic E-state index is 0.0621. The lowest BCUT2D eigenvalue weighted by molar-refractivity contribution is -0.137. The minimum atomic E-state index is -4.38. The van der Waals surface area contributed by atoms with Gasteiger partial charge in [-0.15, -0.1) is 0 Å². The summed E-state index contributed by atoms with van der Waals surface area (Å²) in [6.45, 7) is 12.2. The Hall–Kier alpha value is -1.58. The summed E-state index contributed by atoms with van der Waals surface area (Å²) in [6.07, 6.45) is 9.68. The predicted octanol–water partition coefficient (Wildman–Crippen LogP) is 10.4. The predicted molar refractivity (Wildman–Crippen MR) is 153 cm³/mol. The largest absolute Gasteiger partial charge is 0.416 e. The molecule has 1 aromatic carbocycles. The van der Waals surface area contributed by atoms with Gasteiger partial charge in [0.2, 0.25) is 0 Å². The number of carbonyl (C=O) groups is 1. The average molecular weight is 543 g/mol. The van der Waals surface area contributed by atoms with Crippen LogP contribution in [0.25, 0.3) is 5.57 Å². The van der Waals surface area contributed by atoms with E-state index in [-0.39, 0.29) is 5.41 Å². The third-order valence-corrected chi connectivity index (χ3v) is 12.4. The van der Waals surface area contributed by atoms with E-state index >= 15 is 0 Å². The Morgan fingerprint density at radius 1 is 0.974 bits per heavy atom. The van der Waals surface area contributed by atoms with Gasteiger partial charge in [0, 0.05) is 0 Å². The molecule has 0 saturated heterocycles. The third-order valence-electron chi connectivity index (χ3n) is 12.4. The quantitative estimate of drug-likeness (QED) is 0.313. The number of carbonyl (C=O) groups excluding carboxylic acids is 1. The molecule has 0 bridgehead atoms. The Morgan fingerprint density at radius 2 is 1.72 bits per heavy atom. The molecule has 0 aromatic heterocycles. The Morgan fingerprint density at radius 3 is 2.41 bits per heavy atom. The van der Waals surface area contributed by atoms with E-state index in [4.69, 9.17) is 0 Å². The molecule has 3 saturated carbocycles. The van der Waals surface area contributed by atoms with Crippen LogP contribution < -0.4 is 0 Å². The lowest BCUT2D eigenvalue weighted by Gasteiger charge is -2.61. The molecular weight excluding hydrogens is 493 g/mol. The summed E-state index contributed by atoms with van der Waals surface area (Å²) in [5.41, 5.74) is 2.04. The Kier molecular flexibility index (Phi) is 7.92. The van der Waals surface area contributed by atoms with Gasteiger partial charge in [-0.3, -0.25) is 4.79 Å². The molecule has 0 heterocycles. The number of benzene rings is 1. The lowest BCUT2D eigenvalue weighted by atomic mass is 9.44. The molecule has 216 valence electrons. The first kappa shape index (κ1) is 28.9. The number of aldehydes is 1. The van der Waals surface area contributed by atoms with E-state index in [0.717, 1.165) is 65.9 Å². The highest BCUT2D eigenvalue weighted by molar-refractivity contribution is 5.89. The summed E-state index contributed by atoms with van der Waals surface area (Å²) in [7, 11) is 0. The van der Waals surface area contributed by atoms with E-state index < -0.39 is 11.7 Å². The van der Waals surface area contributed by atoms with Gasteiger partial charge >= 0.3 is 6.18 Å². The van der Waals surface area contributed by atoms with Crippen LogP contribution in [0.5, 0.6) is 0 Å². The van der Waals surface area contributed by atoms with Gasteiger partial charge in [-0.25, -0.2) is 0 Å². The zero-order chi connectivity index (χ0) is 28.2. The van der Waals surface area contributed by atoms with Crippen LogP contribution in [0, 0.1) is 52.3 Å². The van der Waals surface area contributed by atoms with E-state index in [9.17, 15) is 18.0 Å². The molecule has 0 radical (unpaired) electrons. The van der Waals surface area contributed by atoms with Gasteiger partial charge in [0.05, 0.1) is 5.56 Å². The molecule has 39 heavy (non-hydrogen) atoms. The fraction of sp³-hybridized carbons (Fsp3) is 0.743. The zero-order valence-corrected chi connectivity index (χ0v) is 24.7. The van der Waals surface area contributed by atoms with Crippen molar-refractivity contribution < 1.29 is 18.0 Å². The molecular formula is C35H49F3O. The molecule has 4 heteroatoms. The smallest absolute Gasteiger partial charge is 0.298 e. The summed E-state index contributed by atoms with van der Waals surface area (Å²) in [4.78, 5) is 12.4. The normalized spacial score (nSPS) is 37.3. The first-order chi connectivity index (χ1) is 18.4. The molecule has 0 amide bonds. The van der Waals surface area contributed by atoms with Crippen LogP contribution in [0.4, 0.5) is 13.2 Å². The highest BCUT2D eigenvalue weighted by Crippen LogP contribution is 2.69. The molecule has 0 aliphatic heterocycles. The van der Waals surface area contributed by atoms with Crippen LogP contribution in [0.15, 0.2) is 29.8 Å². The topological polar surface area (TPSA) is 17.1 Å². The third kappa shape index (κ3) is 5.16. The summed E-state index contributed by atoms with van der Waals surface area (Å²) in [5.74, 6) is 4.94. The Bertz CT molecular complexity index is 1090. The van der Waals surface area contributed by atoms with Gasteiger partial charge in [0.1, 0.15) is 6.29 Å². The van der Waals surface area contributed by atoms with Crippen molar-refractivity contribution in [3.63, 3.8) is 0 Å². The van der Waals surface area contributed by atoms with Crippen LogP contribution in [0.2, 0.25) is 0 Å². The van der Waals surface area contributed by atoms with E-state index in [1.807, 2.05) is 0 Å². The van der Waals surface area contributed by atoms with Crippen molar-refractivity contribution in [1.82, 2.24) is 0 Å². The average Bonchev–Trinajstić information content (AvgIpc) is 3.24. The minimum Gasteiger partial charge on any atom is -0.298 e. The summed E-state index contributed by atoms with van der Waals surface area (Å²) in [6, 6.07) is 5.62. The maximum atomic E-state index is 13.5.